The van der Waals surface area contributed by atoms with Crippen LogP contribution in [0.4, 0.5) is 0 Å². The minimum absolute atomic E-state index is 0.270. The minimum atomic E-state index is -0.327. The first kappa shape index (κ1) is 16.0. The third-order valence-electron chi connectivity index (χ3n) is 4.17. The number of fused-ring (bicyclic) bond motifs is 1. The van der Waals surface area contributed by atoms with Crippen molar-refractivity contribution < 1.29 is 9.53 Å². The van der Waals surface area contributed by atoms with Gasteiger partial charge in [-0.1, -0.05) is 54.6 Å². The molecule has 1 heterocycles. The molecule has 0 aliphatic heterocycles. The van der Waals surface area contributed by atoms with E-state index in [4.69, 9.17) is 4.74 Å². The molecule has 0 atom stereocenters. The molecule has 0 saturated heterocycles. The first-order chi connectivity index (χ1) is 12.8. The van der Waals surface area contributed by atoms with Crippen molar-refractivity contribution in [3.8, 4) is 11.1 Å². The SMILES string of the molecule is O=C(OCc1ccccc1)c1ccc(-c2ccc3cncnc3c2)cc1. The normalized spacial score (nSPS) is 10.6. The molecule has 0 unspecified atom stereocenters. The first-order valence-corrected chi connectivity index (χ1v) is 8.31. The summed E-state index contributed by atoms with van der Waals surface area (Å²) in [6.45, 7) is 0.270. The van der Waals surface area contributed by atoms with E-state index in [-0.39, 0.29) is 12.6 Å². The van der Waals surface area contributed by atoms with Gasteiger partial charge in [0.2, 0.25) is 0 Å². The molecular formula is C22H16N2O2. The first-order valence-electron chi connectivity index (χ1n) is 8.31. The van der Waals surface area contributed by atoms with Crippen molar-refractivity contribution >= 4 is 16.9 Å². The van der Waals surface area contributed by atoms with Crippen LogP contribution in [0.15, 0.2) is 85.3 Å². The van der Waals surface area contributed by atoms with Crippen molar-refractivity contribution in [1.82, 2.24) is 9.97 Å². The quantitative estimate of drug-likeness (QED) is 0.507. The largest absolute Gasteiger partial charge is 0.457 e. The minimum Gasteiger partial charge on any atom is -0.457 e. The lowest BCUT2D eigenvalue weighted by Gasteiger charge is -2.07. The Kier molecular flexibility index (Phi) is 4.39. The summed E-state index contributed by atoms with van der Waals surface area (Å²) in [5, 5.41) is 0.998. The number of ether oxygens (including phenoxy) is 1. The van der Waals surface area contributed by atoms with E-state index in [1.165, 1.54) is 6.33 Å². The maximum absolute atomic E-state index is 12.2. The second-order valence-electron chi connectivity index (χ2n) is 5.94. The molecule has 0 radical (unpaired) electrons. The highest BCUT2D eigenvalue weighted by Gasteiger charge is 2.08. The average molecular weight is 340 g/mol. The highest BCUT2D eigenvalue weighted by Crippen LogP contribution is 2.23. The molecule has 3 aromatic carbocycles. The molecule has 0 aliphatic carbocycles. The zero-order valence-electron chi connectivity index (χ0n) is 14.0. The van der Waals surface area contributed by atoms with Gasteiger partial charge in [-0.25, -0.2) is 14.8 Å². The molecular weight excluding hydrogens is 324 g/mol. The van der Waals surface area contributed by atoms with Gasteiger partial charge in [-0.05, 0) is 34.9 Å². The summed E-state index contributed by atoms with van der Waals surface area (Å²) in [6, 6.07) is 23.1. The summed E-state index contributed by atoms with van der Waals surface area (Å²) in [5.74, 6) is -0.327. The Bertz CT molecular complexity index is 1040. The van der Waals surface area contributed by atoms with Gasteiger partial charge in [0.05, 0.1) is 11.1 Å². The predicted octanol–water partition coefficient (Wildman–Crippen LogP) is 4.65. The maximum Gasteiger partial charge on any atom is 0.338 e. The predicted molar refractivity (Wildman–Crippen MR) is 101 cm³/mol. The smallest absolute Gasteiger partial charge is 0.338 e. The number of rotatable bonds is 4. The lowest BCUT2D eigenvalue weighted by molar-refractivity contribution is 0.0473. The molecule has 0 spiro atoms. The van der Waals surface area contributed by atoms with E-state index in [0.717, 1.165) is 27.6 Å². The topological polar surface area (TPSA) is 52.1 Å². The second-order valence-corrected chi connectivity index (χ2v) is 5.94. The molecule has 4 rings (SSSR count). The van der Waals surface area contributed by atoms with Crippen molar-refractivity contribution in [3.63, 3.8) is 0 Å². The molecule has 0 saturated carbocycles. The second kappa shape index (κ2) is 7.15. The van der Waals surface area contributed by atoms with E-state index >= 15 is 0 Å². The zero-order valence-corrected chi connectivity index (χ0v) is 14.0. The number of carbonyl (C=O) groups excluding carboxylic acids is 1. The standard InChI is InChI=1S/C22H16N2O2/c25-22(26-14-16-4-2-1-3-5-16)18-8-6-17(7-9-18)19-10-11-20-13-23-15-24-21(20)12-19/h1-13,15H,14H2. The molecule has 0 amide bonds. The van der Waals surface area contributed by atoms with Gasteiger partial charge in [-0.2, -0.15) is 0 Å². The molecule has 1 aromatic heterocycles. The van der Waals surface area contributed by atoms with Crippen LogP contribution in [0.1, 0.15) is 15.9 Å². The summed E-state index contributed by atoms with van der Waals surface area (Å²) in [6.07, 6.45) is 3.33. The molecule has 4 aromatic rings. The number of aromatic nitrogens is 2. The van der Waals surface area contributed by atoms with Gasteiger partial charge in [0.25, 0.3) is 0 Å². The lowest BCUT2D eigenvalue weighted by atomic mass is 10.0. The number of hydrogen-bond donors (Lipinski definition) is 0. The van der Waals surface area contributed by atoms with Crippen molar-refractivity contribution in [3.05, 3.63) is 96.4 Å². The molecule has 0 bridgehead atoms. The number of nitrogens with zero attached hydrogens (tertiary/aromatic N) is 2. The van der Waals surface area contributed by atoms with Crippen LogP contribution in [0.2, 0.25) is 0 Å². The van der Waals surface area contributed by atoms with Gasteiger partial charge in [-0.3, -0.25) is 0 Å². The Morgan fingerprint density at radius 2 is 1.65 bits per heavy atom. The molecule has 26 heavy (non-hydrogen) atoms. The van der Waals surface area contributed by atoms with Crippen LogP contribution in [-0.2, 0) is 11.3 Å². The van der Waals surface area contributed by atoms with Crippen LogP contribution < -0.4 is 0 Å². The van der Waals surface area contributed by atoms with Crippen molar-refractivity contribution in [2.24, 2.45) is 0 Å². The third kappa shape index (κ3) is 3.44. The number of esters is 1. The van der Waals surface area contributed by atoms with Crippen molar-refractivity contribution in [1.29, 1.82) is 0 Å². The fourth-order valence-corrected chi connectivity index (χ4v) is 2.76. The maximum atomic E-state index is 12.2. The lowest BCUT2D eigenvalue weighted by Crippen LogP contribution is -2.05. The van der Waals surface area contributed by atoms with Gasteiger partial charge < -0.3 is 4.74 Å². The number of benzene rings is 3. The van der Waals surface area contributed by atoms with Crippen molar-refractivity contribution in [2.45, 2.75) is 6.61 Å². The van der Waals surface area contributed by atoms with Crippen LogP contribution in [0.3, 0.4) is 0 Å². The van der Waals surface area contributed by atoms with E-state index in [1.807, 2.05) is 60.7 Å². The summed E-state index contributed by atoms with van der Waals surface area (Å²) < 4.78 is 5.36. The van der Waals surface area contributed by atoms with Gasteiger partial charge in [0.1, 0.15) is 12.9 Å². The molecule has 4 nitrogen and oxygen atoms in total. The average Bonchev–Trinajstić information content (AvgIpc) is 2.72. The van der Waals surface area contributed by atoms with Crippen LogP contribution in [0.25, 0.3) is 22.0 Å². The van der Waals surface area contributed by atoms with Crippen LogP contribution >= 0.6 is 0 Å². The number of hydrogen-bond acceptors (Lipinski definition) is 4. The Balaban J connectivity index is 1.49. The highest BCUT2D eigenvalue weighted by atomic mass is 16.5. The van der Waals surface area contributed by atoms with Crippen LogP contribution in [0, 0.1) is 0 Å². The highest BCUT2D eigenvalue weighted by molar-refractivity contribution is 5.90. The van der Waals surface area contributed by atoms with Crippen molar-refractivity contribution in [2.75, 3.05) is 0 Å². The fraction of sp³-hybridized carbons (Fsp3) is 0.0455. The van der Waals surface area contributed by atoms with E-state index in [2.05, 4.69) is 9.97 Å². The van der Waals surface area contributed by atoms with Gasteiger partial charge in [-0.15, -0.1) is 0 Å². The van der Waals surface area contributed by atoms with E-state index in [0.29, 0.717) is 5.56 Å². The summed E-state index contributed by atoms with van der Waals surface area (Å²) in [5.41, 5.74) is 4.46. The summed E-state index contributed by atoms with van der Waals surface area (Å²) >= 11 is 0. The molecule has 0 aliphatic rings. The summed E-state index contributed by atoms with van der Waals surface area (Å²) in [4.78, 5) is 20.5. The van der Waals surface area contributed by atoms with Gasteiger partial charge in [0.15, 0.2) is 0 Å². The van der Waals surface area contributed by atoms with E-state index < -0.39 is 0 Å². The monoisotopic (exact) mass is 340 g/mol. The molecule has 0 N–H and O–H groups in total. The van der Waals surface area contributed by atoms with Gasteiger partial charge >= 0.3 is 5.97 Å². The van der Waals surface area contributed by atoms with E-state index in [1.54, 1.807) is 18.3 Å². The Labute approximate surface area is 151 Å². The molecule has 4 heteroatoms. The third-order valence-corrected chi connectivity index (χ3v) is 4.17. The fourth-order valence-electron chi connectivity index (χ4n) is 2.76. The summed E-state index contributed by atoms with van der Waals surface area (Å²) in [7, 11) is 0. The number of carbonyl (C=O) groups is 1. The zero-order chi connectivity index (χ0) is 17.8. The van der Waals surface area contributed by atoms with E-state index in [9.17, 15) is 4.79 Å². The molecule has 0 fully saturated rings. The van der Waals surface area contributed by atoms with Gasteiger partial charge in [0, 0.05) is 11.6 Å². The Hall–Kier alpha value is -3.53. The Morgan fingerprint density at radius 3 is 2.46 bits per heavy atom. The molecule has 126 valence electrons. The van der Waals surface area contributed by atoms with Crippen LogP contribution in [-0.4, -0.2) is 15.9 Å². The Morgan fingerprint density at radius 1 is 0.885 bits per heavy atom. The van der Waals surface area contributed by atoms with Crippen LogP contribution in [0.5, 0.6) is 0 Å².